The molecule has 166 valence electrons. The van der Waals surface area contributed by atoms with Crippen molar-refractivity contribution in [2.75, 3.05) is 13.1 Å². The summed E-state index contributed by atoms with van der Waals surface area (Å²) >= 11 is 0. The number of aromatic nitrogens is 4. The van der Waals surface area contributed by atoms with Gasteiger partial charge < -0.3 is 14.8 Å². The number of hydrogen-bond acceptors (Lipinski definition) is 5. The number of carbonyl (C=O) groups is 2. The molecule has 8 heteroatoms. The molecule has 0 aliphatic carbocycles. The minimum Gasteiger partial charge on any atom is -0.346 e. The molecule has 2 aromatic heterocycles. The van der Waals surface area contributed by atoms with Crippen molar-refractivity contribution in [1.82, 2.24) is 29.7 Å². The molecule has 1 aliphatic rings. The predicted octanol–water partition coefficient (Wildman–Crippen LogP) is 2.79. The molecular formula is C25H24N6O2. The molecule has 1 saturated heterocycles. The minimum absolute atomic E-state index is 0.0339. The zero-order chi connectivity index (χ0) is 22.8. The normalized spacial score (nSPS) is 18.3. The number of aryl methyl sites for hydroxylation is 1. The van der Waals surface area contributed by atoms with Crippen molar-refractivity contribution >= 4 is 22.8 Å². The fourth-order valence-corrected chi connectivity index (χ4v) is 4.44. The monoisotopic (exact) mass is 440 g/mol. The Hall–Kier alpha value is -4.07. The Morgan fingerprint density at radius 1 is 0.970 bits per heavy atom. The second-order valence-corrected chi connectivity index (χ2v) is 8.26. The zero-order valence-electron chi connectivity index (χ0n) is 18.3. The molecule has 0 saturated carbocycles. The maximum Gasteiger partial charge on any atom is 0.287 e. The van der Waals surface area contributed by atoms with E-state index >= 15 is 0 Å². The van der Waals surface area contributed by atoms with E-state index in [2.05, 4.69) is 20.3 Å². The standard InChI is InChI=1S/C25H24N6O2/c1-30-14-12-28-23(30)24(32)29-20-9-13-31(16-19(20)17-5-3-2-4-6-17)25(33)18-7-8-21-22(15-18)27-11-10-26-21/h2-8,10-12,14-15,19-20H,9,13,16H2,1H3,(H,29,32)/t19-,20-/m1/s1. The SMILES string of the molecule is Cn1ccnc1C(=O)N[C@@H]1CCN(C(=O)c2ccc3nccnc3c2)C[C@@H]1c1ccccc1. The molecule has 1 N–H and O–H groups in total. The van der Waals surface area contributed by atoms with Gasteiger partial charge in [0.05, 0.1) is 11.0 Å². The first kappa shape index (κ1) is 20.8. The average molecular weight is 441 g/mol. The summed E-state index contributed by atoms with van der Waals surface area (Å²) in [6.07, 6.45) is 7.27. The van der Waals surface area contributed by atoms with E-state index in [-0.39, 0.29) is 23.8 Å². The van der Waals surface area contributed by atoms with Gasteiger partial charge in [0.2, 0.25) is 0 Å². The van der Waals surface area contributed by atoms with Crippen LogP contribution >= 0.6 is 0 Å². The van der Waals surface area contributed by atoms with Gasteiger partial charge in [-0.15, -0.1) is 0 Å². The van der Waals surface area contributed by atoms with E-state index in [4.69, 9.17) is 0 Å². The first-order chi connectivity index (χ1) is 16.1. The van der Waals surface area contributed by atoms with Crippen molar-refractivity contribution < 1.29 is 9.59 Å². The Balaban J connectivity index is 1.39. The summed E-state index contributed by atoms with van der Waals surface area (Å²) in [6.45, 7) is 1.05. The topological polar surface area (TPSA) is 93.0 Å². The van der Waals surface area contributed by atoms with Crippen LogP contribution < -0.4 is 5.32 Å². The number of carbonyl (C=O) groups excluding carboxylic acids is 2. The van der Waals surface area contributed by atoms with E-state index in [9.17, 15) is 9.59 Å². The number of fused-ring (bicyclic) bond motifs is 1. The second-order valence-electron chi connectivity index (χ2n) is 8.26. The van der Waals surface area contributed by atoms with Crippen molar-refractivity contribution in [3.8, 4) is 0 Å². The number of nitrogens with one attached hydrogen (secondary N) is 1. The summed E-state index contributed by atoms with van der Waals surface area (Å²) in [5.41, 5.74) is 3.13. The van der Waals surface area contributed by atoms with Gasteiger partial charge in [-0.1, -0.05) is 30.3 Å². The van der Waals surface area contributed by atoms with Crippen LogP contribution in [0.25, 0.3) is 11.0 Å². The highest BCUT2D eigenvalue weighted by Crippen LogP contribution is 2.29. The minimum atomic E-state index is -0.207. The van der Waals surface area contributed by atoms with Gasteiger partial charge in [0.25, 0.3) is 11.8 Å². The molecule has 1 aliphatic heterocycles. The summed E-state index contributed by atoms with van der Waals surface area (Å²) in [6, 6.07) is 15.3. The summed E-state index contributed by atoms with van der Waals surface area (Å²) < 4.78 is 1.70. The molecule has 8 nitrogen and oxygen atoms in total. The Labute approximate surface area is 191 Å². The lowest BCUT2D eigenvalue weighted by Gasteiger charge is -2.39. The third-order valence-electron chi connectivity index (χ3n) is 6.18. The van der Waals surface area contributed by atoms with Gasteiger partial charge in [-0.2, -0.15) is 0 Å². The summed E-state index contributed by atoms with van der Waals surface area (Å²) in [5, 5.41) is 3.16. The highest BCUT2D eigenvalue weighted by Gasteiger charge is 2.34. The molecule has 2 atom stereocenters. The summed E-state index contributed by atoms with van der Waals surface area (Å²) in [7, 11) is 1.80. The van der Waals surface area contributed by atoms with Crippen LogP contribution in [0.5, 0.6) is 0 Å². The number of benzene rings is 2. The van der Waals surface area contributed by atoms with E-state index in [1.165, 1.54) is 0 Å². The number of piperidine rings is 1. The fourth-order valence-electron chi connectivity index (χ4n) is 4.44. The molecule has 4 aromatic rings. The van der Waals surface area contributed by atoms with Gasteiger partial charge in [0, 0.05) is 62.4 Å². The lowest BCUT2D eigenvalue weighted by atomic mass is 9.85. The molecule has 0 spiro atoms. The quantitative estimate of drug-likeness (QED) is 0.527. The lowest BCUT2D eigenvalue weighted by Crippen LogP contribution is -2.51. The molecule has 5 rings (SSSR count). The Kier molecular flexibility index (Phi) is 5.56. The van der Waals surface area contributed by atoms with Crippen LogP contribution in [0.15, 0.2) is 73.3 Å². The van der Waals surface area contributed by atoms with Gasteiger partial charge in [-0.05, 0) is 30.2 Å². The van der Waals surface area contributed by atoms with E-state index in [0.717, 1.165) is 11.1 Å². The predicted molar refractivity (Wildman–Crippen MR) is 124 cm³/mol. The number of rotatable bonds is 4. The smallest absolute Gasteiger partial charge is 0.287 e. The van der Waals surface area contributed by atoms with Crippen LogP contribution in [0.1, 0.15) is 38.9 Å². The lowest BCUT2D eigenvalue weighted by molar-refractivity contribution is 0.0670. The number of amides is 2. The van der Waals surface area contributed by atoms with Crippen LogP contribution in [0.2, 0.25) is 0 Å². The molecule has 2 amide bonds. The van der Waals surface area contributed by atoms with Gasteiger partial charge in [-0.3, -0.25) is 19.6 Å². The highest BCUT2D eigenvalue weighted by atomic mass is 16.2. The van der Waals surface area contributed by atoms with E-state index in [1.54, 1.807) is 48.5 Å². The number of hydrogen-bond donors (Lipinski definition) is 1. The van der Waals surface area contributed by atoms with Crippen molar-refractivity contribution in [2.45, 2.75) is 18.4 Å². The Bertz CT molecular complexity index is 1300. The molecule has 3 heterocycles. The van der Waals surface area contributed by atoms with Crippen molar-refractivity contribution in [3.05, 3.63) is 90.3 Å². The maximum absolute atomic E-state index is 13.4. The van der Waals surface area contributed by atoms with Crippen molar-refractivity contribution in [2.24, 2.45) is 7.05 Å². The first-order valence-electron chi connectivity index (χ1n) is 10.9. The van der Waals surface area contributed by atoms with E-state index in [1.807, 2.05) is 41.3 Å². The largest absolute Gasteiger partial charge is 0.346 e. The Morgan fingerprint density at radius 3 is 2.52 bits per heavy atom. The van der Waals surface area contributed by atoms with Crippen LogP contribution in [-0.4, -0.2) is 55.4 Å². The van der Waals surface area contributed by atoms with Crippen LogP contribution in [0.4, 0.5) is 0 Å². The molecule has 0 bridgehead atoms. The third kappa shape index (κ3) is 4.19. The van der Waals surface area contributed by atoms with Gasteiger partial charge in [0.1, 0.15) is 0 Å². The molecule has 0 unspecified atom stereocenters. The molecule has 33 heavy (non-hydrogen) atoms. The first-order valence-corrected chi connectivity index (χ1v) is 10.9. The maximum atomic E-state index is 13.4. The average Bonchev–Trinajstić information content (AvgIpc) is 3.30. The fraction of sp³-hybridized carbons (Fsp3) is 0.240. The Morgan fingerprint density at radius 2 is 1.76 bits per heavy atom. The van der Waals surface area contributed by atoms with Crippen molar-refractivity contribution in [3.63, 3.8) is 0 Å². The summed E-state index contributed by atoms with van der Waals surface area (Å²) in [4.78, 5) is 40.8. The van der Waals surface area contributed by atoms with Crippen LogP contribution in [-0.2, 0) is 7.05 Å². The van der Waals surface area contributed by atoms with Gasteiger partial charge >= 0.3 is 0 Å². The molecular weight excluding hydrogens is 416 g/mol. The zero-order valence-corrected chi connectivity index (χ0v) is 18.3. The van der Waals surface area contributed by atoms with Gasteiger partial charge in [0.15, 0.2) is 5.82 Å². The summed E-state index contributed by atoms with van der Waals surface area (Å²) in [5.74, 6) is 0.0876. The van der Waals surface area contributed by atoms with Crippen LogP contribution in [0, 0.1) is 0 Å². The third-order valence-corrected chi connectivity index (χ3v) is 6.18. The number of imidazole rings is 1. The van der Waals surface area contributed by atoms with E-state index < -0.39 is 0 Å². The highest BCUT2D eigenvalue weighted by molar-refractivity contribution is 5.97. The number of likely N-dealkylation sites (tertiary alicyclic amines) is 1. The van der Waals surface area contributed by atoms with Crippen LogP contribution in [0.3, 0.4) is 0 Å². The van der Waals surface area contributed by atoms with Crippen molar-refractivity contribution in [1.29, 1.82) is 0 Å². The van der Waals surface area contributed by atoms with Gasteiger partial charge in [-0.25, -0.2) is 4.98 Å². The molecule has 0 radical (unpaired) electrons. The molecule has 1 fully saturated rings. The second kappa shape index (κ2) is 8.82. The van der Waals surface area contributed by atoms with E-state index in [0.29, 0.717) is 36.4 Å². The number of nitrogens with zero attached hydrogens (tertiary/aromatic N) is 5. The molecule has 2 aromatic carbocycles.